The molecule has 1 heterocycles. The van der Waals surface area contributed by atoms with Gasteiger partial charge < -0.3 is 14.2 Å². The first-order chi connectivity index (χ1) is 12.2. The lowest BCUT2D eigenvalue weighted by Crippen LogP contribution is -1.99. The predicted octanol–water partition coefficient (Wildman–Crippen LogP) is 4.11. The topological polar surface area (TPSA) is 64.4 Å². The summed E-state index contributed by atoms with van der Waals surface area (Å²) in [6, 6.07) is 5.93. The first-order valence-corrected chi connectivity index (χ1v) is 8.92. The number of ether oxygens (including phenoxy) is 3. The van der Waals surface area contributed by atoms with Crippen LogP contribution in [0.25, 0.3) is 11.6 Å². The SMILES string of the molecule is COc1cc(/C=C(\C#N)c2nc3c(s2)CCCC3)cc(OC)c1OC. The standard InChI is InChI=1S/C19H20N2O3S/c1-22-15-9-12(10-16(23-2)18(15)24-3)8-13(11-20)19-21-14-6-4-5-7-17(14)25-19/h8-10H,4-7H2,1-3H3/b13-8+. The van der Waals surface area contributed by atoms with Gasteiger partial charge in [0.15, 0.2) is 11.5 Å². The number of allylic oxidation sites excluding steroid dienone is 1. The summed E-state index contributed by atoms with van der Waals surface area (Å²) in [4.78, 5) is 5.99. The molecule has 1 aromatic heterocycles. The first-order valence-electron chi connectivity index (χ1n) is 8.11. The number of benzene rings is 1. The third-order valence-corrected chi connectivity index (χ3v) is 5.39. The van der Waals surface area contributed by atoms with E-state index in [1.807, 2.05) is 18.2 Å². The minimum absolute atomic E-state index is 0.533. The number of rotatable bonds is 5. The highest BCUT2D eigenvalue weighted by atomic mass is 32.1. The summed E-state index contributed by atoms with van der Waals surface area (Å²) in [6.45, 7) is 0. The summed E-state index contributed by atoms with van der Waals surface area (Å²) in [6.07, 6.45) is 6.27. The van der Waals surface area contributed by atoms with Gasteiger partial charge in [0.05, 0.1) is 32.6 Å². The minimum atomic E-state index is 0.533. The van der Waals surface area contributed by atoms with Gasteiger partial charge >= 0.3 is 0 Å². The van der Waals surface area contributed by atoms with E-state index in [1.54, 1.807) is 32.7 Å². The van der Waals surface area contributed by atoms with E-state index in [1.165, 1.54) is 17.7 Å². The maximum atomic E-state index is 9.62. The number of thiazole rings is 1. The van der Waals surface area contributed by atoms with Crippen LogP contribution in [0.4, 0.5) is 0 Å². The van der Waals surface area contributed by atoms with Gasteiger partial charge in [-0.25, -0.2) is 4.98 Å². The van der Waals surface area contributed by atoms with Crippen LogP contribution in [0.3, 0.4) is 0 Å². The van der Waals surface area contributed by atoms with Crippen molar-refractivity contribution in [2.45, 2.75) is 25.7 Å². The second kappa shape index (κ2) is 7.58. The van der Waals surface area contributed by atoms with Gasteiger partial charge in [0.1, 0.15) is 11.1 Å². The summed E-state index contributed by atoms with van der Waals surface area (Å²) in [5.74, 6) is 1.65. The average molecular weight is 356 g/mol. The molecule has 5 nitrogen and oxygen atoms in total. The summed E-state index contributed by atoms with van der Waals surface area (Å²) in [7, 11) is 4.71. The number of fused-ring (bicyclic) bond motifs is 1. The number of methoxy groups -OCH3 is 3. The molecule has 1 aliphatic carbocycles. The van der Waals surface area contributed by atoms with Gasteiger partial charge in [-0.2, -0.15) is 5.26 Å². The number of nitrogens with zero attached hydrogens (tertiary/aromatic N) is 2. The average Bonchev–Trinajstić information content (AvgIpc) is 3.08. The Kier molecular flexibility index (Phi) is 5.25. The molecule has 3 rings (SSSR count). The van der Waals surface area contributed by atoms with Crippen molar-refractivity contribution < 1.29 is 14.2 Å². The highest BCUT2D eigenvalue weighted by molar-refractivity contribution is 7.13. The summed E-state index contributed by atoms with van der Waals surface area (Å²) in [5, 5.41) is 10.4. The Labute approximate surface area is 151 Å². The molecule has 0 N–H and O–H groups in total. The zero-order valence-electron chi connectivity index (χ0n) is 14.6. The number of hydrogen-bond donors (Lipinski definition) is 0. The Bertz CT molecular complexity index is 800. The van der Waals surface area contributed by atoms with E-state index in [0.717, 1.165) is 29.1 Å². The number of hydrogen-bond acceptors (Lipinski definition) is 6. The molecule has 0 aliphatic heterocycles. The van der Waals surface area contributed by atoms with E-state index in [2.05, 4.69) is 11.1 Å². The largest absolute Gasteiger partial charge is 0.493 e. The second-order valence-corrected chi connectivity index (χ2v) is 6.81. The van der Waals surface area contributed by atoms with Crippen molar-refractivity contribution in [1.82, 2.24) is 4.98 Å². The van der Waals surface area contributed by atoms with Gasteiger partial charge in [-0.3, -0.25) is 0 Å². The second-order valence-electron chi connectivity index (χ2n) is 5.72. The lowest BCUT2D eigenvalue weighted by atomic mass is 10.0. The maximum absolute atomic E-state index is 9.62. The van der Waals surface area contributed by atoms with E-state index in [0.29, 0.717) is 22.8 Å². The number of aromatic nitrogens is 1. The Morgan fingerprint density at radius 1 is 1.12 bits per heavy atom. The molecular weight excluding hydrogens is 336 g/mol. The first kappa shape index (κ1) is 17.3. The monoisotopic (exact) mass is 356 g/mol. The third-order valence-electron chi connectivity index (χ3n) is 4.19. The highest BCUT2D eigenvalue weighted by Gasteiger charge is 2.18. The summed E-state index contributed by atoms with van der Waals surface area (Å²) < 4.78 is 16.1. The molecule has 0 saturated carbocycles. The van der Waals surface area contributed by atoms with Gasteiger partial charge in [0, 0.05) is 4.88 Å². The zero-order valence-corrected chi connectivity index (χ0v) is 15.4. The molecular formula is C19H20N2O3S. The van der Waals surface area contributed by atoms with E-state index in [4.69, 9.17) is 14.2 Å². The molecule has 0 radical (unpaired) electrons. The summed E-state index contributed by atoms with van der Waals surface area (Å²) in [5.41, 5.74) is 2.50. The maximum Gasteiger partial charge on any atom is 0.203 e. The zero-order chi connectivity index (χ0) is 17.8. The Balaban J connectivity index is 2.02. The van der Waals surface area contributed by atoms with E-state index in [9.17, 15) is 5.26 Å². The van der Waals surface area contributed by atoms with Crippen LogP contribution in [0.5, 0.6) is 17.2 Å². The van der Waals surface area contributed by atoms with Crippen LogP contribution in [0.15, 0.2) is 12.1 Å². The van der Waals surface area contributed by atoms with Gasteiger partial charge in [-0.05, 0) is 49.5 Å². The molecule has 2 aromatic rings. The Hall–Kier alpha value is -2.52. The lowest BCUT2D eigenvalue weighted by molar-refractivity contribution is 0.324. The molecule has 1 aromatic carbocycles. The Morgan fingerprint density at radius 2 is 1.80 bits per heavy atom. The molecule has 0 saturated heterocycles. The van der Waals surface area contributed by atoms with Gasteiger partial charge in [-0.15, -0.1) is 11.3 Å². The molecule has 0 fully saturated rings. The van der Waals surface area contributed by atoms with Crippen LogP contribution >= 0.6 is 11.3 Å². The molecule has 0 amide bonds. The van der Waals surface area contributed by atoms with Crippen LogP contribution in [0, 0.1) is 11.3 Å². The van der Waals surface area contributed by atoms with Crippen molar-refractivity contribution in [2.24, 2.45) is 0 Å². The molecule has 6 heteroatoms. The van der Waals surface area contributed by atoms with Crippen molar-refractivity contribution in [3.8, 4) is 23.3 Å². The van der Waals surface area contributed by atoms with Crippen molar-refractivity contribution in [3.63, 3.8) is 0 Å². The molecule has 0 atom stereocenters. The fourth-order valence-electron chi connectivity index (χ4n) is 2.96. The smallest absolute Gasteiger partial charge is 0.203 e. The van der Waals surface area contributed by atoms with E-state index in [-0.39, 0.29) is 0 Å². The quantitative estimate of drug-likeness (QED) is 0.754. The molecule has 0 bridgehead atoms. The van der Waals surface area contributed by atoms with E-state index < -0.39 is 0 Å². The number of nitriles is 1. The fourth-order valence-corrected chi connectivity index (χ4v) is 4.08. The van der Waals surface area contributed by atoms with Crippen molar-refractivity contribution >= 4 is 23.0 Å². The molecule has 130 valence electrons. The van der Waals surface area contributed by atoms with Crippen molar-refractivity contribution in [2.75, 3.05) is 21.3 Å². The van der Waals surface area contributed by atoms with Gasteiger partial charge in [0.2, 0.25) is 5.75 Å². The van der Waals surface area contributed by atoms with Crippen LogP contribution in [-0.2, 0) is 12.8 Å². The van der Waals surface area contributed by atoms with Gasteiger partial charge in [0.25, 0.3) is 0 Å². The fraction of sp³-hybridized carbons (Fsp3) is 0.368. The van der Waals surface area contributed by atoms with Crippen LogP contribution in [-0.4, -0.2) is 26.3 Å². The van der Waals surface area contributed by atoms with E-state index >= 15 is 0 Å². The normalized spacial score (nSPS) is 13.8. The summed E-state index contributed by atoms with van der Waals surface area (Å²) >= 11 is 1.63. The molecule has 1 aliphatic rings. The number of aryl methyl sites for hydroxylation is 2. The predicted molar refractivity (Wildman–Crippen MR) is 98.3 cm³/mol. The van der Waals surface area contributed by atoms with Crippen LogP contribution in [0.2, 0.25) is 0 Å². The highest BCUT2D eigenvalue weighted by Crippen LogP contribution is 2.39. The van der Waals surface area contributed by atoms with Crippen LogP contribution < -0.4 is 14.2 Å². The Morgan fingerprint density at radius 3 is 2.36 bits per heavy atom. The minimum Gasteiger partial charge on any atom is -0.493 e. The molecule has 25 heavy (non-hydrogen) atoms. The third kappa shape index (κ3) is 3.47. The van der Waals surface area contributed by atoms with Crippen molar-refractivity contribution in [1.29, 1.82) is 5.26 Å². The van der Waals surface area contributed by atoms with Crippen molar-refractivity contribution in [3.05, 3.63) is 33.3 Å². The molecule has 0 unspecified atom stereocenters. The van der Waals surface area contributed by atoms with Gasteiger partial charge in [-0.1, -0.05) is 0 Å². The molecule has 0 spiro atoms. The lowest BCUT2D eigenvalue weighted by Gasteiger charge is -2.13. The van der Waals surface area contributed by atoms with Crippen LogP contribution in [0.1, 0.15) is 34.0 Å².